The Hall–Kier alpha value is -2.31. The first-order valence-electron chi connectivity index (χ1n) is 11.3. The molecule has 3 atom stereocenters. The first kappa shape index (κ1) is 21.5. The number of thiophene rings is 1. The van der Waals surface area contributed by atoms with E-state index in [-0.39, 0.29) is 17.9 Å². The van der Waals surface area contributed by atoms with Crippen LogP contribution in [0.1, 0.15) is 55.6 Å². The van der Waals surface area contributed by atoms with Crippen molar-refractivity contribution in [1.82, 2.24) is 14.8 Å². The summed E-state index contributed by atoms with van der Waals surface area (Å²) in [4.78, 5) is 29.3. The fourth-order valence-corrected chi connectivity index (χ4v) is 6.19. The van der Waals surface area contributed by atoms with E-state index >= 15 is 0 Å². The molecule has 1 aliphatic carbocycles. The van der Waals surface area contributed by atoms with Gasteiger partial charge in [-0.3, -0.25) is 9.59 Å². The number of rotatable bonds is 4. The molecule has 0 spiro atoms. The summed E-state index contributed by atoms with van der Waals surface area (Å²) in [5.41, 5.74) is 1.47. The molecule has 1 saturated carbocycles. The highest BCUT2D eigenvalue weighted by molar-refractivity contribution is 7.17. The molecule has 7 heteroatoms. The van der Waals surface area contributed by atoms with Gasteiger partial charge in [-0.05, 0) is 54.8 Å². The number of carbonyl (C=O) groups excluding carboxylic acids is 2. The molecule has 0 saturated heterocycles. The third-order valence-corrected chi connectivity index (χ3v) is 8.47. The number of halogens is 1. The van der Waals surface area contributed by atoms with Crippen molar-refractivity contribution in [1.29, 1.82) is 0 Å². The van der Waals surface area contributed by atoms with E-state index in [0.717, 1.165) is 35.0 Å². The summed E-state index contributed by atoms with van der Waals surface area (Å²) in [7, 11) is 0. The van der Waals surface area contributed by atoms with Gasteiger partial charge in [-0.2, -0.15) is 0 Å². The predicted octanol–water partition coefficient (Wildman–Crippen LogP) is 5.47. The van der Waals surface area contributed by atoms with E-state index in [2.05, 4.69) is 12.2 Å². The fourth-order valence-electron chi connectivity index (χ4n) is 5.17. The molecule has 0 bridgehead atoms. The van der Waals surface area contributed by atoms with Gasteiger partial charge in [0.25, 0.3) is 5.91 Å². The first-order chi connectivity index (χ1) is 15.4. The van der Waals surface area contributed by atoms with Gasteiger partial charge in [0.1, 0.15) is 11.2 Å². The van der Waals surface area contributed by atoms with Gasteiger partial charge in [0.05, 0.1) is 16.8 Å². The highest BCUT2D eigenvalue weighted by Crippen LogP contribution is 2.36. The van der Waals surface area contributed by atoms with Crippen LogP contribution in [0.4, 0.5) is 0 Å². The molecular weight excluding hydrogens is 442 g/mol. The van der Waals surface area contributed by atoms with E-state index in [1.807, 2.05) is 53.3 Å². The Labute approximate surface area is 197 Å². The summed E-state index contributed by atoms with van der Waals surface area (Å²) in [6.07, 6.45) is 4.46. The lowest BCUT2D eigenvalue weighted by Gasteiger charge is -2.45. The van der Waals surface area contributed by atoms with Crippen molar-refractivity contribution in [3.8, 4) is 0 Å². The molecule has 32 heavy (non-hydrogen) atoms. The number of benzene rings is 1. The Bertz CT molecular complexity index is 1190. The zero-order valence-electron chi connectivity index (χ0n) is 18.4. The monoisotopic (exact) mass is 469 g/mol. The highest BCUT2D eigenvalue weighted by atomic mass is 35.5. The van der Waals surface area contributed by atoms with Crippen LogP contribution in [0.3, 0.4) is 0 Å². The second kappa shape index (κ2) is 8.23. The number of fused-ring (bicyclic) bond motifs is 3. The summed E-state index contributed by atoms with van der Waals surface area (Å²) >= 11 is 8.06. The van der Waals surface area contributed by atoms with Crippen molar-refractivity contribution in [2.24, 2.45) is 5.92 Å². The van der Waals surface area contributed by atoms with Crippen molar-refractivity contribution in [3.63, 3.8) is 0 Å². The molecule has 3 aromatic rings. The largest absolute Gasteiger partial charge is 0.351 e. The second-order valence-electron chi connectivity index (χ2n) is 9.38. The number of nitrogens with one attached hydrogen (secondary N) is 1. The quantitative estimate of drug-likeness (QED) is 0.551. The molecule has 2 aromatic heterocycles. The normalized spacial score (nSPS) is 25.7. The lowest BCUT2D eigenvalue weighted by molar-refractivity contribution is -0.134. The van der Waals surface area contributed by atoms with Gasteiger partial charge in [-0.1, -0.05) is 49.6 Å². The van der Waals surface area contributed by atoms with Crippen LogP contribution >= 0.6 is 22.9 Å². The molecular formula is C25H28ClN3O2S. The third-order valence-electron chi connectivity index (χ3n) is 7.25. The summed E-state index contributed by atoms with van der Waals surface area (Å²) in [6, 6.07) is 11.7. The second-order valence-corrected chi connectivity index (χ2v) is 10.7. The number of carbonyl (C=O) groups is 2. The molecule has 2 aliphatic rings. The SMILES string of the molecule is C[C@@H]1CCCC[C@@H]1NC(=O)[C@]1(C)Cn2c(cc3sccc32)C(=O)N1Cc1ccccc1Cl. The third kappa shape index (κ3) is 3.54. The van der Waals surface area contributed by atoms with Crippen molar-refractivity contribution < 1.29 is 9.59 Å². The van der Waals surface area contributed by atoms with Crippen molar-refractivity contribution >= 4 is 45.0 Å². The predicted molar refractivity (Wildman–Crippen MR) is 129 cm³/mol. The average molecular weight is 470 g/mol. The number of aromatic nitrogens is 1. The minimum atomic E-state index is -1.02. The lowest BCUT2D eigenvalue weighted by Crippen LogP contribution is -2.65. The van der Waals surface area contributed by atoms with Crippen LogP contribution in [-0.4, -0.2) is 32.9 Å². The zero-order valence-corrected chi connectivity index (χ0v) is 20.0. The maximum Gasteiger partial charge on any atom is 0.271 e. The maximum absolute atomic E-state index is 13.8. The smallest absolute Gasteiger partial charge is 0.271 e. The molecule has 1 N–H and O–H groups in total. The van der Waals surface area contributed by atoms with E-state index < -0.39 is 5.54 Å². The number of hydrogen-bond donors (Lipinski definition) is 1. The summed E-state index contributed by atoms with van der Waals surface area (Å²) in [6.45, 7) is 4.82. The van der Waals surface area contributed by atoms with E-state index in [9.17, 15) is 9.59 Å². The first-order valence-corrected chi connectivity index (χ1v) is 12.6. The van der Waals surface area contributed by atoms with Crippen LogP contribution in [-0.2, 0) is 17.9 Å². The summed E-state index contributed by atoms with van der Waals surface area (Å²) in [5.74, 6) is 0.228. The van der Waals surface area contributed by atoms with E-state index in [4.69, 9.17) is 11.6 Å². The number of amides is 2. The van der Waals surface area contributed by atoms with Gasteiger partial charge in [0, 0.05) is 17.6 Å². The Kier molecular flexibility index (Phi) is 5.54. The van der Waals surface area contributed by atoms with Crippen LogP contribution < -0.4 is 5.32 Å². The Morgan fingerprint density at radius 3 is 2.81 bits per heavy atom. The molecule has 0 unspecified atom stereocenters. The lowest BCUT2D eigenvalue weighted by atomic mass is 9.85. The van der Waals surface area contributed by atoms with Gasteiger partial charge in [-0.25, -0.2) is 0 Å². The molecule has 1 fully saturated rings. The van der Waals surface area contributed by atoms with Crippen molar-refractivity contribution in [3.05, 3.63) is 58.1 Å². The van der Waals surface area contributed by atoms with E-state index in [0.29, 0.717) is 29.7 Å². The number of nitrogens with zero attached hydrogens (tertiary/aromatic N) is 2. The average Bonchev–Trinajstić information content (AvgIpc) is 3.36. The number of hydrogen-bond acceptors (Lipinski definition) is 3. The zero-order chi connectivity index (χ0) is 22.5. The molecule has 168 valence electrons. The van der Waals surface area contributed by atoms with Gasteiger partial charge in [-0.15, -0.1) is 11.3 Å². The van der Waals surface area contributed by atoms with Gasteiger partial charge in [0.2, 0.25) is 5.91 Å². The fraction of sp³-hybridized carbons (Fsp3) is 0.440. The van der Waals surface area contributed by atoms with Crippen LogP contribution in [0.25, 0.3) is 10.2 Å². The molecule has 1 aromatic carbocycles. The minimum Gasteiger partial charge on any atom is -0.351 e. The summed E-state index contributed by atoms with van der Waals surface area (Å²) in [5, 5.41) is 5.95. The van der Waals surface area contributed by atoms with Crippen molar-refractivity contribution in [2.75, 3.05) is 0 Å². The van der Waals surface area contributed by atoms with E-state index in [1.165, 1.54) is 6.42 Å². The highest BCUT2D eigenvalue weighted by Gasteiger charge is 2.48. The maximum atomic E-state index is 13.8. The minimum absolute atomic E-state index is 0.0839. The standard InChI is InChI=1S/C25H28ClN3O2S/c1-16-7-3-6-10-19(16)27-24(31)25(2)15-28-20-11-12-32-22(20)13-21(28)23(30)29(25)14-17-8-4-5-9-18(17)26/h4-5,8-9,11-13,16,19H,3,6-7,10,14-15H2,1-2H3,(H,27,31)/t16-,19+,25+/m1/s1. The van der Waals surface area contributed by atoms with Gasteiger partial charge >= 0.3 is 0 Å². The van der Waals surface area contributed by atoms with Gasteiger partial charge in [0.15, 0.2) is 0 Å². The Morgan fingerprint density at radius 1 is 1.25 bits per heavy atom. The topological polar surface area (TPSA) is 54.3 Å². The summed E-state index contributed by atoms with van der Waals surface area (Å²) < 4.78 is 3.08. The Balaban J connectivity index is 1.54. The van der Waals surface area contributed by atoms with Gasteiger partial charge < -0.3 is 14.8 Å². The molecule has 2 amide bonds. The van der Waals surface area contributed by atoms with Crippen LogP contribution in [0, 0.1) is 5.92 Å². The van der Waals surface area contributed by atoms with Crippen LogP contribution in [0.2, 0.25) is 5.02 Å². The van der Waals surface area contributed by atoms with Crippen LogP contribution in [0.5, 0.6) is 0 Å². The molecule has 3 heterocycles. The molecule has 5 rings (SSSR count). The van der Waals surface area contributed by atoms with Crippen LogP contribution in [0.15, 0.2) is 41.8 Å². The molecule has 1 aliphatic heterocycles. The molecule has 5 nitrogen and oxygen atoms in total. The molecule has 0 radical (unpaired) electrons. The van der Waals surface area contributed by atoms with E-state index in [1.54, 1.807) is 16.2 Å². The Morgan fingerprint density at radius 2 is 2.03 bits per heavy atom. The van der Waals surface area contributed by atoms with Crippen molar-refractivity contribution in [2.45, 2.75) is 64.2 Å².